The molecule has 0 unspecified atom stereocenters. The minimum Gasteiger partial charge on any atom is -0.383 e. The van der Waals surface area contributed by atoms with Gasteiger partial charge in [0.2, 0.25) is 0 Å². The van der Waals surface area contributed by atoms with Crippen molar-refractivity contribution >= 4 is 29.0 Å². The van der Waals surface area contributed by atoms with Crippen LogP contribution in [0.25, 0.3) is 6.08 Å². The molecule has 26 heavy (non-hydrogen) atoms. The van der Waals surface area contributed by atoms with Gasteiger partial charge in [-0.15, -0.1) is 0 Å². The number of hydrogen-bond acceptors (Lipinski definition) is 5. The van der Waals surface area contributed by atoms with E-state index in [1.807, 2.05) is 25.1 Å². The normalized spacial score (nSPS) is 10.7. The molecule has 132 valence electrons. The Morgan fingerprint density at radius 3 is 2.50 bits per heavy atom. The monoisotopic (exact) mass is 350 g/mol. The first-order valence-corrected chi connectivity index (χ1v) is 7.96. The molecular weight excluding hydrogens is 332 g/mol. The summed E-state index contributed by atoms with van der Waals surface area (Å²) in [6.45, 7) is 2.03. The summed E-state index contributed by atoms with van der Waals surface area (Å²) in [4.78, 5) is 22.9. The quantitative estimate of drug-likeness (QED) is 0.357. The average Bonchev–Trinajstić information content (AvgIpc) is 2.66. The van der Waals surface area contributed by atoms with Crippen molar-refractivity contribution in [2.24, 2.45) is 0 Å². The molecule has 0 saturated heterocycles. The molecule has 0 aliphatic heterocycles. The van der Waals surface area contributed by atoms with Gasteiger partial charge >= 0.3 is 0 Å². The number of carbonyl (C=O) groups excluding carboxylic acids is 1. The van der Waals surface area contributed by atoms with Crippen molar-refractivity contribution in [3.63, 3.8) is 0 Å². The standard InChI is InChI=1S/C19H18N4O3/c1-3-13-4-7-16(8-5-13)22-19(24)15(12-20)10-14-6-9-17(21-2)18(11-14)23(25)26/h4-11,21H,3H2,1-2H3,(H,22,24)/b15-10+. The number of nitrogens with zero attached hydrogens (tertiary/aromatic N) is 2. The first kappa shape index (κ1) is 18.7. The summed E-state index contributed by atoms with van der Waals surface area (Å²) in [6.07, 6.45) is 2.21. The van der Waals surface area contributed by atoms with E-state index in [1.54, 1.807) is 25.2 Å². The highest BCUT2D eigenvalue weighted by molar-refractivity contribution is 6.09. The lowest BCUT2D eigenvalue weighted by atomic mass is 10.1. The summed E-state index contributed by atoms with van der Waals surface area (Å²) in [5.74, 6) is -0.572. The fourth-order valence-electron chi connectivity index (χ4n) is 2.34. The van der Waals surface area contributed by atoms with Crippen LogP contribution in [0.4, 0.5) is 17.1 Å². The Hall–Kier alpha value is -3.66. The van der Waals surface area contributed by atoms with E-state index in [4.69, 9.17) is 0 Å². The van der Waals surface area contributed by atoms with Crippen LogP contribution in [-0.2, 0) is 11.2 Å². The van der Waals surface area contributed by atoms with E-state index in [0.29, 0.717) is 16.9 Å². The molecule has 7 heteroatoms. The number of aryl methyl sites for hydroxylation is 1. The molecule has 0 heterocycles. The zero-order valence-electron chi connectivity index (χ0n) is 14.4. The molecule has 0 saturated carbocycles. The van der Waals surface area contributed by atoms with Crippen LogP contribution in [0.5, 0.6) is 0 Å². The zero-order valence-corrected chi connectivity index (χ0v) is 14.4. The van der Waals surface area contributed by atoms with Crippen molar-refractivity contribution in [3.05, 3.63) is 69.3 Å². The van der Waals surface area contributed by atoms with Crippen molar-refractivity contribution < 1.29 is 9.72 Å². The van der Waals surface area contributed by atoms with Gasteiger partial charge < -0.3 is 10.6 Å². The lowest BCUT2D eigenvalue weighted by molar-refractivity contribution is -0.384. The van der Waals surface area contributed by atoms with Crippen LogP contribution in [0.3, 0.4) is 0 Å². The van der Waals surface area contributed by atoms with Gasteiger partial charge in [-0.05, 0) is 41.8 Å². The SMILES string of the molecule is CCc1ccc(NC(=O)/C(C#N)=C/c2ccc(NC)c([N+](=O)[O-])c2)cc1. The summed E-state index contributed by atoms with van der Waals surface area (Å²) in [7, 11) is 1.58. The van der Waals surface area contributed by atoms with Crippen molar-refractivity contribution in [2.45, 2.75) is 13.3 Å². The van der Waals surface area contributed by atoms with Crippen LogP contribution in [-0.4, -0.2) is 17.9 Å². The average molecular weight is 350 g/mol. The fraction of sp³-hybridized carbons (Fsp3) is 0.158. The van der Waals surface area contributed by atoms with Gasteiger partial charge in [-0.1, -0.05) is 25.1 Å². The van der Waals surface area contributed by atoms with Gasteiger partial charge in [0, 0.05) is 18.8 Å². The van der Waals surface area contributed by atoms with E-state index in [9.17, 15) is 20.2 Å². The second-order valence-corrected chi connectivity index (χ2v) is 5.46. The number of carbonyl (C=O) groups is 1. The molecule has 2 aromatic carbocycles. The Balaban J connectivity index is 2.26. The highest BCUT2D eigenvalue weighted by Crippen LogP contribution is 2.26. The topological polar surface area (TPSA) is 108 Å². The van der Waals surface area contributed by atoms with Crippen LogP contribution in [0.15, 0.2) is 48.0 Å². The summed E-state index contributed by atoms with van der Waals surface area (Å²) in [5.41, 5.74) is 2.18. The van der Waals surface area contributed by atoms with Crippen LogP contribution in [0.1, 0.15) is 18.1 Å². The first-order valence-electron chi connectivity index (χ1n) is 7.96. The molecule has 2 N–H and O–H groups in total. The second-order valence-electron chi connectivity index (χ2n) is 5.46. The summed E-state index contributed by atoms with van der Waals surface area (Å²) < 4.78 is 0. The van der Waals surface area contributed by atoms with E-state index in [1.165, 1.54) is 18.2 Å². The minimum absolute atomic E-state index is 0.130. The van der Waals surface area contributed by atoms with Gasteiger partial charge in [0.25, 0.3) is 11.6 Å². The van der Waals surface area contributed by atoms with Crippen LogP contribution >= 0.6 is 0 Å². The fourth-order valence-corrected chi connectivity index (χ4v) is 2.34. The lowest BCUT2D eigenvalue weighted by Gasteiger charge is -2.06. The third kappa shape index (κ3) is 4.45. The highest BCUT2D eigenvalue weighted by Gasteiger charge is 2.15. The number of anilines is 2. The number of nitrogens with one attached hydrogen (secondary N) is 2. The van der Waals surface area contributed by atoms with Gasteiger partial charge in [0.15, 0.2) is 0 Å². The molecular formula is C19H18N4O3. The lowest BCUT2D eigenvalue weighted by Crippen LogP contribution is -2.13. The Bertz CT molecular complexity index is 896. The van der Waals surface area contributed by atoms with E-state index < -0.39 is 10.8 Å². The molecule has 0 fully saturated rings. The number of amides is 1. The van der Waals surface area contributed by atoms with Gasteiger partial charge in [-0.25, -0.2) is 0 Å². The van der Waals surface area contributed by atoms with Gasteiger partial charge in [0.05, 0.1) is 4.92 Å². The molecule has 0 aliphatic carbocycles. The van der Waals surface area contributed by atoms with E-state index in [0.717, 1.165) is 12.0 Å². The summed E-state index contributed by atoms with van der Waals surface area (Å²) >= 11 is 0. The molecule has 1 amide bonds. The number of benzene rings is 2. The molecule has 0 bridgehead atoms. The van der Waals surface area contributed by atoms with Crippen molar-refractivity contribution in [3.8, 4) is 6.07 Å². The van der Waals surface area contributed by atoms with Gasteiger partial charge in [0.1, 0.15) is 17.3 Å². The van der Waals surface area contributed by atoms with Crippen LogP contribution in [0, 0.1) is 21.4 Å². The van der Waals surface area contributed by atoms with Crippen molar-refractivity contribution in [1.29, 1.82) is 5.26 Å². The maximum atomic E-state index is 12.3. The largest absolute Gasteiger partial charge is 0.383 e. The Morgan fingerprint density at radius 1 is 1.27 bits per heavy atom. The van der Waals surface area contributed by atoms with Crippen molar-refractivity contribution in [1.82, 2.24) is 0 Å². The second kappa shape index (κ2) is 8.44. The number of hydrogen-bond donors (Lipinski definition) is 2. The smallest absolute Gasteiger partial charge is 0.292 e. The molecule has 0 aromatic heterocycles. The molecule has 2 rings (SSSR count). The van der Waals surface area contributed by atoms with E-state index in [-0.39, 0.29) is 11.3 Å². The summed E-state index contributed by atoms with van der Waals surface area (Å²) in [6, 6.07) is 13.6. The van der Waals surface area contributed by atoms with E-state index >= 15 is 0 Å². The molecule has 7 nitrogen and oxygen atoms in total. The maximum absolute atomic E-state index is 12.3. The molecule has 2 aromatic rings. The number of rotatable bonds is 6. The zero-order chi connectivity index (χ0) is 19.1. The Labute approximate surface area is 151 Å². The predicted octanol–water partition coefficient (Wildman–Crippen LogP) is 3.74. The first-order chi connectivity index (χ1) is 12.5. The molecule has 0 atom stereocenters. The maximum Gasteiger partial charge on any atom is 0.292 e. The molecule has 0 aliphatic rings. The highest BCUT2D eigenvalue weighted by atomic mass is 16.6. The van der Waals surface area contributed by atoms with Crippen LogP contribution < -0.4 is 10.6 Å². The summed E-state index contributed by atoms with van der Waals surface area (Å²) in [5, 5.41) is 25.8. The third-order valence-electron chi connectivity index (χ3n) is 3.78. The van der Waals surface area contributed by atoms with Crippen molar-refractivity contribution in [2.75, 3.05) is 17.7 Å². The molecule has 0 spiro atoms. The minimum atomic E-state index is -0.572. The third-order valence-corrected chi connectivity index (χ3v) is 3.78. The number of nitro benzene ring substituents is 1. The molecule has 0 radical (unpaired) electrons. The number of nitro groups is 1. The van der Waals surface area contributed by atoms with Crippen LogP contribution in [0.2, 0.25) is 0 Å². The van der Waals surface area contributed by atoms with Gasteiger partial charge in [-0.2, -0.15) is 5.26 Å². The Kier molecular flexibility index (Phi) is 6.06. The van der Waals surface area contributed by atoms with E-state index in [2.05, 4.69) is 10.6 Å². The number of nitriles is 1. The van der Waals surface area contributed by atoms with Gasteiger partial charge in [-0.3, -0.25) is 14.9 Å². The Morgan fingerprint density at radius 2 is 1.96 bits per heavy atom. The predicted molar refractivity (Wildman–Crippen MR) is 101 cm³/mol.